The van der Waals surface area contributed by atoms with E-state index >= 15 is 0 Å². The lowest BCUT2D eigenvalue weighted by molar-refractivity contribution is 0.0654. The van der Waals surface area contributed by atoms with Gasteiger partial charge in [-0.05, 0) is 38.0 Å². The zero-order valence-electron chi connectivity index (χ0n) is 12.3. The molecule has 110 valence electrons. The fraction of sp³-hybridized carbons (Fsp3) is 0.625. The summed E-state index contributed by atoms with van der Waals surface area (Å²) in [6.07, 6.45) is 2.03. The van der Waals surface area contributed by atoms with Crippen molar-refractivity contribution in [3.05, 3.63) is 23.8 Å². The average Bonchev–Trinajstić information content (AvgIpc) is 2.75. The third-order valence-corrected chi connectivity index (χ3v) is 3.96. The highest BCUT2D eigenvalue weighted by atomic mass is 16.5. The Labute approximate surface area is 120 Å². The summed E-state index contributed by atoms with van der Waals surface area (Å²) in [5.74, 6) is 1.68. The van der Waals surface area contributed by atoms with Crippen molar-refractivity contribution in [2.75, 3.05) is 26.4 Å². The SMILES string of the molecule is CC1(C)CCOC(c2ccc3c(c2)OCCCO3)CN1. The third-order valence-electron chi connectivity index (χ3n) is 3.96. The van der Waals surface area contributed by atoms with Crippen LogP contribution in [0.4, 0.5) is 0 Å². The Bertz CT molecular complexity index is 473. The Morgan fingerprint density at radius 1 is 1.10 bits per heavy atom. The van der Waals surface area contributed by atoms with Gasteiger partial charge in [-0.2, -0.15) is 0 Å². The standard InChI is InChI=1S/C16H23NO3/c1-16(2)6-9-20-15(11-17-16)12-4-5-13-14(10-12)19-8-3-7-18-13/h4-5,10,15,17H,3,6-9,11H2,1-2H3. The second-order valence-electron chi connectivity index (χ2n) is 6.13. The number of nitrogens with one attached hydrogen (secondary N) is 1. The molecule has 2 heterocycles. The zero-order valence-corrected chi connectivity index (χ0v) is 12.3. The topological polar surface area (TPSA) is 39.7 Å². The monoisotopic (exact) mass is 277 g/mol. The van der Waals surface area contributed by atoms with Gasteiger partial charge >= 0.3 is 0 Å². The molecular formula is C16H23NO3. The first-order valence-corrected chi connectivity index (χ1v) is 7.40. The molecule has 2 aliphatic heterocycles. The van der Waals surface area contributed by atoms with E-state index < -0.39 is 0 Å². The molecule has 1 saturated heterocycles. The minimum Gasteiger partial charge on any atom is -0.490 e. The minimum absolute atomic E-state index is 0.0777. The maximum Gasteiger partial charge on any atom is 0.161 e. The number of fused-ring (bicyclic) bond motifs is 1. The van der Waals surface area contributed by atoms with E-state index in [9.17, 15) is 0 Å². The van der Waals surface area contributed by atoms with E-state index in [0.29, 0.717) is 6.61 Å². The fourth-order valence-electron chi connectivity index (χ4n) is 2.57. The molecular weight excluding hydrogens is 254 g/mol. The molecule has 0 amide bonds. The molecule has 1 aromatic rings. The van der Waals surface area contributed by atoms with Gasteiger partial charge < -0.3 is 19.5 Å². The molecule has 20 heavy (non-hydrogen) atoms. The average molecular weight is 277 g/mol. The summed E-state index contributed by atoms with van der Waals surface area (Å²) in [5, 5.41) is 3.56. The van der Waals surface area contributed by atoms with Gasteiger partial charge in [0.25, 0.3) is 0 Å². The number of benzene rings is 1. The predicted molar refractivity (Wildman–Crippen MR) is 77.4 cm³/mol. The van der Waals surface area contributed by atoms with Crippen molar-refractivity contribution in [3.63, 3.8) is 0 Å². The molecule has 1 atom stereocenters. The van der Waals surface area contributed by atoms with Crippen molar-refractivity contribution >= 4 is 0 Å². The van der Waals surface area contributed by atoms with Crippen LogP contribution in [-0.2, 0) is 4.74 Å². The quantitative estimate of drug-likeness (QED) is 0.856. The van der Waals surface area contributed by atoms with Crippen LogP contribution in [0, 0.1) is 0 Å². The summed E-state index contributed by atoms with van der Waals surface area (Å²) in [6.45, 7) is 7.47. The minimum atomic E-state index is 0.0777. The van der Waals surface area contributed by atoms with E-state index in [1.165, 1.54) is 0 Å². The van der Waals surface area contributed by atoms with Gasteiger partial charge in [-0.25, -0.2) is 0 Å². The van der Waals surface area contributed by atoms with Crippen LogP contribution >= 0.6 is 0 Å². The lowest BCUT2D eigenvalue weighted by Gasteiger charge is -2.23. The smallest absolute Gasteiger partial charge is 0.161 e. The largest absolute Gasteiger partial charge is 0.490 e. The second kappa shape index (κ2) is 5.62. The summed E-state index contributed by atoms with van der Waals surface area (Å²) in [7, 11) is 0. The number of hydrogen-bond donors (Lipinski definition) is 1. The van der Waals surface area contributed by atoms with Crippen LogP contribution in [0.5, 0.6) is 11.5 Å². The van der Waals surface area contributed by atoms with Crippen molar-refractivity contribution in [3.8, 4) is 11.5 Å². The summed E-state index contributed by atoms with van der Waals surface area (Å²) < 4.78 is 17.4. The van der Waals surface area contributed by atoms with Gasteiger partial charge in [0.2, 0.25) is 0 Å². The fourth-order valence-corrected chi connectivity index (χ4v) is 2.57. The van der Waals surface area contributed by atoms with E-state index in [1.807, 2.05) is 6.07 Å². The molecule has 0 aliphatic carbocycles. The normalized spacial score (nSPS) is 25.6. The maximum absolute atomic E-state index is 5.99. The summed E-state index contributed by atoms with van der Waals surface area (Å²) in [4.78, 5) is 0. The molecule has 2 aliphatic rings. The van der Waals surface area contributed by atoms with Crippen molar-refractivity contribution in [1.29, 1.82) is 0 Å². The van der Waals surface area contributed by atoms with Crippen LogP contribution in [0.3, 0.4) is 0 Å². The van der Waals surface area contributed by atoms with E-state index in [-0.39, 0.29) is 11.6 Å². The van der Waals surface area contributed by atoms with Gasteiger partial charge in [0.1, 0.15) is 0 Å². The van der Waals surface area contributed by atoms with Crippen LogP contribution in [0.15, 0.2) is 18.2 Å². The van der Waals surface area contributed by atoms with Gasteiger partial charge in [0, 0.05) is 25.1 Å². The van der Waals surface area contributed by atoms with Gasteiger partial charge in [0.05, 0.1) is 19.3 Å². The van der Waals surface area contributed by atoms with Gasteiger partial charge in [0.15, 0.2) is 11.5 Å². The first kappa shape index (κ1) is 13.7. The van der Waals surface area contributed by atoms with Crippen LogP contribution in [0.25, 0.3) is 0 Å². The highest BCUT2D eigenvalue weighted by Crippen LogP contribution is 2.34. The van der Waals surface area contributed by atoms with Crippen LogP contribution in [0.1, 0.15) is 38.4 Å². The zero-order chi connectivity index (χ0) is 14.0. The first-order valence-electron chi connectivity index (χ1n) is 7.40. The van der Waals surface area contributed by atoms with Gasteiger partial charge in [-0.15, -0.1) is 0 Å². The summed E-state index contributed by atoms with van der Waals surface area (Å²) in [6, 6.07) is 6.14. The highest BCUT2D eigenvalue weighted by molar-refractivity contribution is 5.44. The van der Waals surface area contributed by atoms with E-state index in [2.05, 4.69) is 31.3 Å². The molecule has 4 heteroatoms. The van der Waals surface area contributed by atoms with E-state index in [4.69, 9.17) is 14.2 Å². The van der Waals surface area contributed by atoms with Crippen molar-refractivity contribution < 1.29 is 14.2 Å². The summed E-state index contributed by atoms with van der Waals surface area (Å²) in [5.41, 5.74) is 1.29. The lowest BCUT2D eigenvalue weighted by Crippen LogP contribution is -2.39. The molecule has 1 N–H and O–H groups in total. The van der Waals surface area contributed by atoms with Crippen LogP contribution in [0.2, 0.25) is 0 Å². The van der Waals surface area contributed by atoms with Crippen molar-refractivity contribution in [1.82, 2.24) is 5.32 Å². The third kappa shape index (κ3) is 3.07. The molecule has 3 rings (SSSR count). The second-order valence-corrected chi connectivity index (χ2v) is 6.13. The van der Waals surface area contributed by atoms with Crippen molar-refractivity contribution in [2.45, 2.75) is 38.3 Å². The Hall–Kier alpha value is -1.26. The molecule has 1 fully saturated rings. The molecule has 0 bridgehead atoms. The van der Waals surface area contributed by atoms with Crippen LogP contribution in [-0.4, -0.2) is 31.9 Å². The predicted octanol–water partition coefficient (Wildman–Crippen LogP) is 2.68. The van der Waals surface area contributed by atoms with Crippen molar-refractivity contribution in [2.24, 2.45) is 0 Å². The highest BCUT2D eigenvalue weighted by Gasteiger charge is 2.25. The van der Waals surface area contributed by atoms with Gasteiger partial charge in [-0.1, -0.05) is 6.07 Å². The molecule has 0 aromatic heterocycles. The van der Waals surface area contributed by atoms with E-state index in [1.54, 1.807) is 0 Å². The Morgan fingerprint density at radius 2 is 1.90 bits per heavy atom. The lowest BCUT2D eigenvalue weighted by atomic mass is 10.0. The molecule has 1 unspecified atom stereocenters. The first-order chi connectivity index (χ1) is 9.64. The Balaban J connectivity index is 1.78. The van der Waals surface area contributed by atoms with Gasteiger partial charge in [-0.3, -0.25) is 0 Å². The molecule has 0 radical (unpaired) electrons. The van der Waals surface area contributed by atoms with E-state index in [0.717, 1.165) is 49.7 Å². The Kier molecular flexibility index (Phi) is 3.85. The summed E-state index contributed by atoms with van der Waals surface area (Å²) >= 11 is 0. The maximum atomic E-state index is 5.99. The molecule has 0 saturated carbocycles. The Morgan fingerprint density at radius 3 is 2.75 bits per heavy atom. The van der Waals surface area contributed by atoms with Crippen LogP contribution < -0.4 is 14.8 Å². The number of ether oxygens (including phenoxy) is 3. The molecule has 1 aromatic carbocycles. The number of hydrogen-bond acceptors (Lipinski definition) is 4. The molecule has 0 spiro atoms. The molecule has 4 nitrogen and oxygen atoms in total. The number of rotatable bonds is 1.